The highest BCUT2D eigenvalue weighted by Gasteiger charge is 2.54. The Morgan fingerprint density at radius 2 is 2.03 bits per heavy atom. The van der Waals surface area contributed by atoms with Gasteiger partial charge in [-0.3, -0.25) is 4.79 Å². The smallest absolute Gasteiger partial charge is 0.251 e. The van der Waals surface area contributed by atoms with Crippen molar-refractivity contribution < 1.29 is 13.4 Å². The van der Waals surface area contributed by atoms with Crippen LogP contribution in [0.15, 0.2) is 46.0 Å². The number of carbonyl (C=O) groups is 1. The lowest BCUT2D eigenvalue weighted by Gasteiger charge is -2.57. The lowest BCUT2D eigenvalue weighted by atomic mass is 9.50. The third-order valence-electron chi connectivity index (χ3n) is 6.16. The highest BCUT2D eigenvalue weighted by molar-refractivity contribution is 7.91. The van der Waals surface area contributed by atoms with Gasteiger partial charge in [0, 0.05) is 35.0 Å². The average molecular weight is 445 g/mol. The van der Waals surface area contributed by atoms with Gasteiger partial charge in [0.05, 0.1) is 9.73 Å². The van der Waals surface area contributed by atoms with Crippen molar-refractivity contribution in [3.05, 3.63) is 53.0 Å². The van der Waals surface area contributed by atoms with Crippen LogP contribution < -0.4 is 5.32 Å². The molecule has 0 saturated heterocycles. The predicted molar refractivity (Wildman–Crippen MR) is 113 cm³/mol. The number of amides is 1. The second kappa shape index (κ2) is 6.78. The van der Waals surface area contributed by atoms with Crippen LogP contribution in [0, 0.1) is 10.2 Å². The molecule has 156 valence electrons. The molecule has 2 N–H and O–H groups in total. The SMILES string of the molecule is CS(=N)(=O)c1cc(C(=O)NC2CC3(C2)CC(c2nc4cc(Cl)ccc4o2)C3)ccn1. The number of hydrogen-bond acceptors (Lipinski definition) is 6. The third kappa shape index (κ3) is 3.48. The molecule has 2 heterocycles. The quantitative estimate of drug-likeness (QED) is 0.621. The van der Waals surface area contributed by atoms with Crippen molar-refractivity contribution in [3.63, 3.8) is 0 Å². The average Bonchev–Trinajstić information content (AvgIpc) is 3.04. The maximum atomic E-state index is 12.5. The summed E-state index contributed by atoms with van der Waals surface area (Å²) in [5, 5.41) is 3.82. The molecule has 0 aliphatic heterocycles. The largest absolute Gasteiger partial charge is 0.440 e. The van der Waals surface area contributed by atoms with Gasteiger partial charge in [-0.2, -0.15) is 0 Å². The standard InChI is InChI=1S/C21H21ClN4O3S/c1-30(23,28)18-6-12(4-5-24-18)19(27)25-15-10-21(11-15)8-13(9-21)20-26-16-7-14(22)2-3-17(16)29-20/h2-7,13,15,23H,8-11H2,1H3,(H,25,27). The van der Waals surface area contributed by atoms with Gasteiger partial charge in [0.25, 0.3) is 5.91 Å². The minimum atomic E-state index is -2.95. The highest BCUT2D eigenvalue weighted by atomic mass is 35.5. The van der Waals surface area contributed by atoms with E-state index in [9.17, 15) is 9.00 Å². The number of rotatable bonds is 4. The van der Waals surface area contributed by atoms with Crippen molar-refractivity contribution >= 4 is 38.3 Å². The second-order valence-corrected chi connectivity index (χ2v) is 11.1. The molecule has 2 aliphatic carbocycles. The van der Waals surface area contributed by atoms with Gasteiger partial charge in [0.15, 0.2) is 11.5 Å². The van der Waals surface area contributed by atoms with Crippen molar-refractivity contribution in [1.82, 2.24) is 15.3 Å². The number of halogens is 1. The van der Waals surface area contributed by atoms with Gasteiger partial charge in [-0.25, -0.2) is 19.0 Å². The van der Waals surface area contributed by atoms with E-state index in [1.807, 2.05) is 12.1 Å². The van der Waals surface area contributed by atoms with Crippen molar-refractivity contribution in [2.75, 3.05) is 6.26 Å². The number of carbonyl (C=O) groups excluding carboxylic acids is 1. The molecule has 2 saturated carbocycles. The second-order valence-electron chi connectivity index (χ2n) is 8.57. The van der Waals surface area contributed by atoms with Crippen LogP contribution in [0.5, 0.6) is 0 Å². The molecule has 3 aromatic rings. The monoisotopic (exact) mass is 444 g/mol. The molecule has 5 rings (SSSR count). The molecule has 0 radical (unpaired) electrons. The van der Waals surface area contributed by atoms with Crippen LogP contribution in [0.2, 0.25) is 5.02 Å². The van der Waals surface area contributed by atoms with Gasteiger partial charge in [-0.05, 0) is 61.4 Å². The van der Waals surface area contributed by atoms with Gasteiger partial charge in [-0.1, -0.05) is 11.6 Å². The lowest BCUT2D eigenvalue weighted by Crippen LogP contribution is -2.55. The van der Waals surface area contributed by atoms with Gasteiger partial charge in [-0.15, -0.1) is 0 Å². The van der Waals surface area contributed by atoms with E-state index in [-0.39, 0.29) is 22.4 Å². The fourth-order valence-electron chi connectivity index (χ4n) is 4.71. The number of aromatic nitrogens is 2. The number of fused-ring (bicyclic) bond motifs is 1. The first-order valence-electron chi connectivity index (χ1n) is 9.78. The van der Waals surface area contributed by atoms with Gasteiger partial charge in [0.2, 0.25) is 0 Å². The topological polar surface area (TPSA) is 109 Å². The minimum Gasteiger partial charge on any atom is -0.440 e. The molecule has 0 bridgehead atoms. The van der Waals surface area contributed by atoms with Crippen LogP contribution in [-0.2, 0) is 9.73 Å². The van der Waals surface area contributed by atoms with E-state index in [1.165, 1.54) is 18.5 Å². The van der Waals surface area contributed by atoms with Crippen LogP contribution >= 0.6 is 11.6 Å². The van der Waals surface area contributed by atoms with E-state index in [0.29, 0.717) is 16.5 Å². The Morgan fingerprint density at radius 1 is 1.27 bits per heavy atom. The molecule has 1 amide bonds. The Kier molecular flexibility index (Phi) is 4.41. The van der Waals surface area contributed by atoms with Crippen LogP contribution in [0.1, 0.15) is 47.8 Å². The van der Waals surface area contributed by atoms with Gasteiger partial charge >= 0.3 is 0 Å². The number of pyridine rings is 1. The van der Waals surface area contributed by atoms with E-state index in [0.717, 1.165) is 42.7 Å². The summed E-state index contributed by atoms with van der Waals surface area (Å²) < 4.78 is 25.4. The van der Waals surface area contributed by atoms with Crippen LogP contribution in [0.25, 0.3) is 11.1 Å². The first-order valence-corrected chi connectivity index (χ1v) is 12.1. The van der Waals surface area contributed by atoms with Gasteiger partial charge in [0.1, 0.15) is 10.5 Å². The van der Waals surface area contributed by atoms with Crippen molar-refractivity contribution in [1.29, 1.82) is 4.78 Å². The van der Waals surface area contributed by atoms with E-state index >= 15 is 0 Å². The molecule has 2 fully saturated rings. The van der Waals surface area contributed by atoms with Crippen molar-refractivity contribution in [2.24, 2.45) is 5.41 Å². The summed E-state index contributed by atoms with van der Waals surface area (Å²) in [7, 11) is -2.95. The molecule has 1 spiro atoms. The van der Waals surface area contributed by atoms with E-state index < -0.39 is 9.73 Å². The predicted octanol–water partition coefficient (Wildman–Crippen LogP) is 4.37. The maximum Gasteiger partial charge on any atom is 0.251 e. The number of nitrogens with one attached hydrogen (secondary N) is 2. The molecule has 7 nitrogen and oxygen atoms in total. The molecule has 1 unspecified atom stereocenters. The number of hydrogen-bond donors (Lipinski definition) is 2. The Balaban J connectivity index is 1.18. The molecular formula is C21H21ClN4O3S. The Labute approximate surface area is 179 Å². The minimum absolute atomic E-state index is 0.125. The fourth-order valence-corrected chi connectivity index (χ4v) is 5.49. The zero-order valence-electron chi connectivity index (χ0n) is 16.4. The van der Waals surface area contributed by atoms with Crippen molar-refractivity contribution in [3.8, 4) is 0 Å². The first kappa shape index (κ1) is 19.5. The van der Waals surface area contributed by atoms with Gasteiger partial charge < -0.3 is 9.73 Å². The number of nitrogens with zero attached hydrogens (tertiary/aromatic N) is 2. The summed E-state index contributed by atoms with van der Waals surface area (Å²) in [5.41, 5.74) is 2.19. The van der Waals surface area contributed by atoms with E-state index in [4.69, 9.17) is 20.8 Å². The number of oxazole rings is 1. The van der Waals surface area contributed by atoms with E-state index in [1.54, 1.807) is 12.1 Å². The Bertz CT molecular complexity index is 1260. The summed E-state index contributed by atoms with van der Waals surface area (Å²) >= 11 is 6.02. The highest BCUT2D eigenvalue weighted by Crippen LogP contribution is 2.61. The first-order chi connectivity index (χ1) is 14.2. The summed E-state index contributed by atoms with van der Waals surface area (Å²) in [5.74, 6) is 0.868. The molecular weight excluding hydrogens is 424 g/mol. The Morgan fingerprint density at radius 3 is 2.77 bits per heavy atom. The van der Waals surface area contributed by atoms with Crippen LogP contribution in [0.4, 0.5) is 0 Å². The number of benzene rings is 1. The maximum absolute atomic E-state index is 12.5. The van der Waals surface area contributed by atoms with E-state index in [2.05, 4.69) is 15.3 Å². The molecule has 2 aliphatic rings. The summed E-state index contributed by atoms with van der Waals surface area (Å²) in [6, 6.07) is 8.61. The molecule has 1 aromatic carbocycles. The summed E-state index contributed by atoms with van der Waals surface area (Å²) in [6.07, 6.45) is 6.61. The summed E-state index contributed by atoms with van der Waals surface area (Å²) in [4.78, 5) is 21.1. The normalized spacial score (nSPS) is 27.3. The molecule has 9 heteroatoms. The molecule has 1 atom stereocenters. The fraction of sp³-hybridized carbons (Fsp3) is 0.381. The molecule has 2 aromatic heterocycles. The zero-order chi connectivity index (χ0) is 21.1. The summed E-state index contributed by atoms with van der Waals surface area (Å²) in [6.45, 7) is 0. The van der Waals surface area contributed by atoms with Crippen LogP contribution in [-0.4, -0.2) is 32.4 Å². The lowest BCUT2D eigenvalue weighted by molar-refractivity contribution is -0.0253. The van der Waals surface area contributed by atoms with Crippen molar-refractivity contribution in [2.45, 2.75) is 42.7 Å². The zero-order valence-corrected chi connectivity index (χ0v) is 17.9. The molecule has 30 heavy (non-hydrogen) atoms. The third-order valence-corrected chi connectivity index (χ3v) is 7.42. The van der Waals surface area contributed by atoms with Crippen LogP contribution in [0.3, 0.4) is 0 Å². The Hall–Kier alpha value is -2.45.